The molecule has 3 aromatic heterocycles. The van der Waals surface area contributed by atoms with Gasteiger partial charge in [0.1, 0.15) is 5.82 Å². The number of aromatic nitrogens is 3. The van der Waals surface area contributed by atoms with Gasteiger partial charge >= 0.3 is 0 Å². The summed E-state index contributed by atoms with van der Waals surface area (Å²) in [5.74, 6) is 0.729. The van der Waals surface area contributed by atoms with E-state index in [4.69, 9.17) is 5.73 Å². The summed E-state index contributed by atoms with van der Waals surface area (Å²) >= 11 is 0. The second-order valence-electron chi connectivity index (χ2n) is 6.52. The first-order valence-electron chi connectivity index (χ1n) is 8.56. The molecule has 3 heterocycles. The molecule has 6 nitrogen and oxygen atoms in total. The highest BCUT2D eigenvalue weighted by Crippen LogP contribution is 2.31. The van der Waals surface area contributed by atoms with Crippen molar-refractivity contribution in [3.63, 3.8) is 0 Å². The lowest BCUT2D eigenvalue weighted by Crippen LogP contribution is -2.14. The van der Waals surface area contributed by atoms with Crippen molar-refractivity contribution >= 4 is 17.4 Å². The number of nitrogen functional groups attached to an aromatic ring is 1. The van der Waals surface area contributed by atoms with Gasteiger partial charge in [0.2, 0.25) is 5.91 Å². The fourth-order valence-electron chi connectivity index (χ4n) is 2.83. The molecule has 0 spiro atoms. The molecule has 0 bridgehead atoms. The summed E-state index contributed by atoms with van der Waals surface area (Å²) in [4.78, 5) is 25.0. The smallest absolute Gasteiger partial charge is 0.228 e. The zero-order chi connectivity index (χ0) is 18.1. The van der Waals surface area contributed by atoms with Gasteiger partial charge in [-0.15, -0.1) is 0 Å². The van der Waals surface area contributed by atoms with Gasteiger partial charge in [0.05, 0.1) is 17.6 Å². The summed E-state index contributed by atoms with van der Waals surface area (Å²) in [6, 6.07) is 9.56. The van der Waals surface area contributed by atoms with Gasteiger partial charge in [-0.3, -0.25) is 14.8 Å². The first-order chi connectivity index (χ1) is 12.6. The van der Waals surface area contributed by atoms with E-state index in [1.165, 1.54) is 0 Å². The number of pyridine rings is 3. The molecule has 1 saturated carbocycles. The second kappa shape index (κ2) is 6.55. The topological polar surface area (TPSA) is 93.8 Å². The maximum atomic E-state index is 11.9. The van der Waals surface area contributed by atoms with Crippen LogP contribution in [-0.4, -0.2) is 20.9 Å². The number of rotatable bonds is 4. The van der Waals surface area contributed by atoms with Crippen molar-refractivity contribution in [3.05, 3.63) is 54.6 Å². The maximum absolute atomic E-state index is 11.9. The number of anilines is 2. The third-order valence-corrected chi connectivity index (χ3v) is 4.43. The number of hydrogen-bond donors (Lipinski definition) is 2. The molecule has 0 unspecified atom stereocenters. The minimum atomic E-state index is 0.0396. The molecule has 1 aliphatic rings. The Bertz CT molecular complexity index is 981. The number of nitrogens with one attached hydrogen (secondary N) is 1. The SMILES string of the molecule is Cc1ncc(N)cc1-c1ccnc(-c2ccnc(NC(=O)C3CC3)c2)c1. The van der Waals surface area contributed by atoms with Crippen molar-refractivity contribution in [1.29, 1.82) is 0 Å². The Kier molecular flexibility index (Phi) is 4.08. The predicted octanol–water partition coefficient (Wildman–Crippen LogP) is 3.44. The van der Waals surface area contributed by atoms with Gasteiger partial charge in [-0.25, -0.2) is 4.98 Å². The van der Waals surface area contributed by atoms with Gasteiger partial charge in [0.25, 0.3) is 0 Å². The lowest BCUT2D eigenvalue weighted by atomic mass is 10.0. The van der Waals surface area contributed by atoms with Crippen molar-refractivity contribution < 1.29 is 4.79 Å². The van der Waals surface area contributed by atoms with Crippen molar-refractivity contribution in [2.75, 3.05) is 11.1 Å². The summed E-state index contributed by atoms with van der Waals surface area (Å²) in [6.07, 6.45) is 7.01. The number of amides is 1. The van der Waals surface area contributed by atoms with E-state index >= 15 is 0 Å². The Balaban J connectivity index is 1.66. The number of hydrogen-bond acceptors (Lipinski definition) is 5. The van der Waals surface area contributed by atoms with E-state index in [0.29, 0.717) is 11.5 Å². The summed E-state index contributed by atoms with van der Waals surface area (Å²) in [5.41, 5.74) is 11.1. The summed E-state index contributed by atoms with van der Waals surface area (Å²) in [7, 11) is 0. The third kappa shape index (κ3) is 3.39. The average Bonchev–Trinajstić information content (AvgIpc) is 3.49. The van der Waals surface area contributed by atoms with Gasteiger partial charge in [-0.1, -0.05) is 0 Å². The zero-order valence-corrected chi connectivity index (χ0v) is 14.4. The monoisotopic (exact) mass is 345 g/mol. The molecule has 3 N–H and O–H groups in total. The molecular formula is C20H19N5O. The van der Waals surface area contributed by atoms with Crippen molar-refractivity contribution in [3.8, 4) is 22.4 Å². The van der Waals surface area contributed by atoms with Crippen LogP contribution in [0.25, 0.3) is 22.4 Å². The zero-order valence-electron chi connectivity index (χ0n) is 14.4. The molecule has 4 rings (SSSR count). The lowest BCUT2D eigenvalue weighted by molar-refractivity contribution is -0.117. The first-order valence-corrected chi connectivity index (χ1v) is 8.56. The molecule has 0 saturated heterocycles. The molecule has 1 amide bonds. The Labute approximate surface area is 151 Å². The minimum absolute atomic E-state index is 0.0396. The quantitative estimate of drug-likeness (QED) is 0.755. The molecule has 6 heteroatoms. The molecule has 0 atom stereocenters. The van der Waals surface area contributed by atoms with Crippen molar-refractivity contribution in [2.24, 2.45) is 5.92 Å². The highest BCUT2D eigenvalue weighted by molar-refractivity contribution is 5.93. The van der Waals surface area contributed by atoms with Crippen LogP contribution in [0.3, 0.4) is 0 Å². The Hall–Kier alpha value is -3.28. The summed E-state index contributed by atoms with van der Waals surface area (Å²) in [6.45, 7) is 1.95. The average molecular weight is 345 g/mol. The van der Waals surface area contributed by atoms with E-state index in [9.17, 15) is 4.79 Å². The van der Waals surface area contributed by atoms with Crippen LogP contribution >= 0.6 is 0 Å². The van der Waals surface area contributed by atoms with Crippen molar-refractivity contribution in [2.45, 2.75) is 19.8 Å². The summed E-state index contributed by atoms with van der Waals surface area (Å²) in [5, 5.41) is 2.87. The fourth-order valence-corrected chi connectivity index (χ4v) is 2.83. The predicted molar refractivity (Wildman–Crippen MR) is 101 cm³/mol. The van der Waals surface area contributed by atoms with Gasteiger partial charge in [-0.05, 0) is 55.7 Å². The van der Waals surface area contributed by atoms with Gasteiger partial charge in [0, 0.05) is 35.1 Å². The van der Waals surface area contributed by atoms with Gasteiger partial charge in [-0.2, -0.15) is 0 Å². The third-order valence-electron chi connectivity index (χ3n) is 4.43. The molecule has 0 aromatic carbocycles. The number of carbonyl (C=O) groups excluding carboxylic acids is 1. The Morgan fingerprint density at radius 3 is 2.65 bits per heavy atom. The van der Waals surface area contributed by atoms with Gasteiger partial charge in [0.15, 0.2) is 0 Å². The van der Waals surface area contributed by atoms with Crippen LogP contribution in [0.1, 0.15) is 18.5 Å². The van der Waals surface area contributed by atoms with Gasteiger partial charge < -0.3 is 11.1 Å². The van der Waals surface area contributed by atoms with Crippen LogP contribution in [-0.2, 0) is 4.79 Å². The largest absolute Gasteiger partial charge is 0.397 e. The standard InChI is InChI=1S/C20H19N5O/c1-12-17(10-16(21)11-24-12)14-4-6-22-18(8-14)15-5-7-23-19(9-15)25-20(26)13-2-3-13/h4-11,13H,2-3,21H2,1H3,(H,23,25,26). The molecule has 130 valence electrons. The van der Waals surface area contributed by atoms with Crippen molar-refractivity contribution in [1.82, 2.24) is 15.0 Å². The van der Waals surface area contributed by atoms with E-state index in [0.717, 1.165) is 40.9 Å². The van der Waals surface area contributed by atoms with Crippen LogP contribution in [0.5, 0.6) is 0 Å². The number of nitrogens with zero attached hydrogens (tertiary/aromatic N) is 3. The van der Waals surface area contributed by atoms with Crippen LogP contribution in [0.2, 0.25) is 0 Å². The van der Waals surface area contributed by atoms with Crippen LogP contribution < -0.4 is 11.1 Å². The van der Waals surface area contributed by atoms with E-state index in [-0.39, 0.29) is 11.8 Å². The molecular weight excluding hydrogens is 326 g/mol. The molecule has 0 aliphatic heterocycles. The van der Waals surface area contributed by atoms with E-state index in [2.05, 4.69) is 20.3 Å². The van der Waals surface area contributed by atoms with E-state index < -0.39 is 0 Å². The Morgan fingerprint density at radius 1 is 1.08 bits per heavy atom. The highest BCUT2D eigenvalue weighted by atomic mass is 16.2. The highest BCUT2D eigenvalue weighted by Gasteiger charge is 2.29. The second-order valence-corrected chi connectivity index (χ2v) is 6.52. The first kappa shape index (κ1) is 16.2. The Morgan fingerprint density at radius 2 is 1.85 bits per heavy atom. The van der Waals surface area contributed by atoms with E-state index in [1.54, 1.807) is 18.6 Å². The maximum Gasteiger partial charge on any atom is 0.228 e. The van der Waals surface area contributed by atoms with Crippen LogP contribution in [0.15, 0.2) is 48.9 Å². The minimum Gasteiger partial charge on any atom is -0.397 e. The van der Waals surface area contributed by atoms with Crippen LogP contribution in [0.4, 0.5) is 11.5 Å². The number of carbonyl (C=O) groups is 1. The van der Waals surface area contributed by atoms with E-state index in [1.807, 2.05) is 37.3 Å². The fraction of sp³-hybridized carbons (Fsp3) is 0.200. The molecule has 26 heavy (non-hydrogen) atoms. The number of nitrogens with two attached hydrogens (primary N) is 1. The molecule has 0 radical (unpaired) electrons. The molecule has 3 aromatic rings. The lowest BCUT2D eigenvalue weighted by Gasteiger charge is -2.09. The van der Waals surface area contributed by atoms with Crippen LogP contribution in [0, 0.1) is 12.8 Å². The normalized spacial score (nSPS) is 13.4. The summed E-state index contributed by atoms with van der Waals surface area (Å²) < 4.78 is 0. The molecule has 1 aliphatic carbocycles. The number of aryl methyl sites for hydroxylation is 1. The molecule has 1 fully saturated rings.